The number of aliphatic hydroxyl groups is 5. The zero-order valence-electron chi connectivity index (χ0n) is 43.9. The molecule has 0 aromatic heterocycles. The number of esters is 1. The normalized spacial score (nSPS) is 21.2. The van der Waals surface area contributed by atoms with Gasteiger partial charge in [0, 0.05) is 13.0 Å². The molecule has 0 amide bonds. The molecular weight excluding hydrogens is 896 g/mol. The first-order chi connectivity index (χ1) is 33.5. The first-order valence-corrected chi connectivity index (χ1v) is 29.8. The van der Waals surface area contributed by atoms with Crippen LogP contribution in [0.5, 0.6) is 0 Å². The summed E-state index contributed by atoms with van der Waals surface area (Å²) in [4.78, 5) is 23.3. The quantitative estimate of drug-likeness (QED) is 0.0146. The Hall–Kier alpha value is -1.44. The molecule has 6 atom stereocenters. The van der Waals surface area contributed by atoms with Crippen molar-refractivity contribution in [2.75, 3.05) is 19.8 Å². The Morgan fingerprint density at radius 2 is 0.812 bits per heavy atom. The van der Waals surface area contributed by atoms with Crippen LogP contribution in [0.1, 0.15) is 251 Å². The Bertz CT molecular complexity index is 1280. The fourth-order valence-electron chi connectivity index (χ4n) is 8.74. The molecule has 1 aliphatic carbocycles. The van der Waals surface area contributed by atoms with Gasteiger partial charge in [0.25, 0.3) is 0 Å². The minimum Gasteiger partial charge on any atom is -0.457 e. The van der Waals surface area contributed by atoms with Crippen molar-refractivity contribution in [3.05, 3.63) is 36.5 Å². The number of rotatable bonds is 49. The number of phosphoric acid groups is 1. The van der Waals surface area contributed by atoms with Crippen LogP contribution in [0.15, 0.2) is 36.5 Å². The molecule has 6 N–H and O–H groups in total. The number of hydrogen-bond donors (Lipinski definition) is 6. The maximum atomic E-state index is 12.9. The van der Waals surface area contributed by atoms with E-state index in [-0.39, 0.29) is 13.0 Å². The van der Waals surface area contributed by atoms with E-state index in [1.165, 1.54) is 167 Å². The lowest BCUT2D eigenvalue weighted by molar-refractivity contribution is -0.220. The summed E-state index contributed by atoms with van der Waals surface area (Å²) in [6.07, 6.45) is 45.0. The molecule has 1 rings (SSSR count). The number of allylic oxidation sites excluding steroid dienone is 6. The van der Waals surface area contributed by atoms with Crippen LogP contribution in [0, 0.1) is 0 Å². The highest BCUT2D eigenvalue weighted by Gasteiger charge is 2.51. The number of hydrogen-bond acceptors (Lipinski definition) is 11. The summed E-state index contributed by atoms with van der Waals surface area (Å²) in [6, 6.07) is 0. The fraction of sp³-hybridized carbons (Fsp3) is 0.875. The maximum Gasteiger partial charge on any atom is 0.472 e. The molecule has 13 heteroatoms. The smallest absolute Gasteiger partial charge is 0.457 e. The lowest BCUT2D eigenvalue weighted by Gasteiger charge is -2.41. The minimum absolute atomic E-state index is 0.0783. The molecule has 0 aromatic carbocycles. The summed E-state index contributed by atoms with van der Waals surface area (Å²) in [6.45, 7) is 4.27. The number of carbonyl (C=O) groups is 1. The maximum absolute atomic E-state index is 12.9. The second-order valence-corrected chi connectivity index (χ2v) is 21.2. The number of ether oxygens (including phenoxy) is 2. The standard InChI is InChI=1S/C56H105O12P/c1-3-5-7-9-11-13-15-17-19-21-23-24-25-26-27-28-30-32-34-36-38-40-42-44-46-65-47-49(48-66-69(63,64)68-56-54(61)52(59)51(58)53(60)55(56)62)67-50(57)45-43-41-39-37-35-33-31-29-22-20-18-16-14-12-10-8-6-4-2/h14,16,20-23,49,51-56,58-62H,3-13,15,17-19,24-48H2,1-2H3,(H,63,64)/b16-14-,22-20-,23-21-. The lowest BCUT2D eigenvalue weighted by atomic mass is 9.85. The van der Waals surface area contributed by atoms with Gasteiger partial charge in [-0.3, -0.25) is 13.8 Å². The summed E-state index contributed by atoms with van der Waals surface area (Å²) in [5.41, 5.74) is 0. The van der Waals surface area contributed by atoms with Crippen molar-refractivity contribution < 1.29 is 58.3 Å². The van der Waals surface area contributed by atoms with E-state index in [4.69, 9.17) is 18.5 Å². The summed E-state index contributed by atoms with van der Waals surface area (Å²) < 4.78 is 34.4. The van der Waals surface area contributed by atoms with E-state index in [1.807, 2.05) is 0 Å². The molecular formula is C56H105O12P. The molecule has 0 spiro atoms. The van der Waals surface area contributed by atoms with Gasteiger partial charge in [0.2, 0.25) is 0 Å². The predicted molar refractivity (Wildman–Crippen MR) is 281 cm³/mol. The molecule has 0 radical (unpaired) electrons. The molecule has 0 aromatic rings. The van der Waals surface area contributed by atoms with Crippen molar-refractivity contribution >= 4 is 13.8 Å². The predicted octanol–water partition coefficient (Wildman–Crippen LogP) is 13.4. The van der Waals surface area contributed by atoms with Crippen LogP contribution < -0.4 is 0 Å². The van der Waals surface area contributed by atoms with Gasteiger partial charge in [-0.2, -0.15) is 0 Å². The van der Waals surface area contributed by atoms with Gasteiger partial charge in [0.05, 0.1) is 13.2 Å². The first-order valence-electron chi connectivity index (χ1n) is 28.3. The van der Waals surface area contributed by atoms with Crippen molar-refractivity contribution in [2.24, 2.45) is 0 Å². The highest BCUT2D eigenvalue weighted by molar-refractivity contribution is 7.47. The average molecular weight is 1000 g/mol. The zero-order valence-corrected chi connectivity index (χ0v) is 44.8. The van der Waals surface area contributed by atoms with Crippen molar-refractivity contribution in [1.29, 1.82) is 0 Å². The van der Waals surface area contributed by atoms with Gasteiger partial charge in [0.1, 0.15) is 42.7 Å². The Labute approximate surface area is 421 Å². The van der Waals surface area contributed by atoms with Crippen LogP contribution in [0.2, 0.25) is 0 Å². The number of carbonyl (C=O) groups excluding carboxylic acids is 1. The molecule has 0 aliphatic heterocycles. The molecule has 0 bridgehead atoms. The second kappa shape index (κ2) is 46.4. The topological polar surface area (TPSA) is 192 Å². The average Bonchev–Trinajstić information content (AvgIpc) is 3.34. The first kappa shape index (κ1) is 65.6. The van der Waals surface area contributed by atoms with Gasteiger partial charge in [-0.15, -0.1) is 0 Å². The molecule has 12 nitrogen and oxygen atoms in total. The van der Waals surface area contributed by atoms with Crippen molar-refractivity contribution in [1.82, 2.24) is 0 Å². The third-order valence-corrected chi connectivity index (χ3v) is 14.2. The minimum atomic E-state index is -5.03. The summed E-state index contributed by atoms with van der Waals surface area (Å²) in [5.74, 6) is -0.482. The molecule has 69 heavy (non-hydrogen) atoms. The summed E-state index contributed by atoms with van der Waals surface area (Å²) in [5, 5.41) is 50.4. The van der Waals surface area contributed by atoms with Gasteiger partial charge in [0.15, 0.2) is 0 Å². The largest absolute Gasteiger partial charge is 0.472 e. The molecule has 1 saturated carbocycles. The Morgan fingerprint density at radius 3 is 1.25 bits per heavy atom. The molecule has 0 saturated heterocycles. The van der Waals surface area contributed by atoms with E-state index in [0.717, 1.165) is 57.8 Å². The Balaban J connectivity index is 2.28. The van der Waals surface area contributed by atoms with E-state index < -0.39 is 63.1 Å². The van der Waals surface area contributed by atoms with E-state index in [2.05, 4.69) is 50.3 Å². The molecule has 406 valence electrons. The van der Waals surface area contributed by atoms with Crippen molar-refractivity contribution in [2.45, 2.75) is 294 Å². The molecule has 0 heterocycles. The van der Waals surface area contributed by atoms with Crippen LogP contribution in [0.4, 0.5) is 0 Å². The van der Waals surface area contributed by atoms with Gasteiger partial charge >= 0.3 is 13.8 Å². The summed E-state index contributed by atoms with van der Waals surface area (Å²) >= 11 is 0. The van der Waals surface area contributed by atoms with Crippen LogP contribution in [-0.2, 0) is 27.9 Å². The SMILES string of the molecule is CCCCCC/C=C\C/C=C\CCCCCCCCCC(=O)OC(COCCCCCCCCCCCCCC/C=C\CCCCCCCCCC)COP(=O)(O)OC1C(O)C(O)C(O)C(O)C1O. The number of phosphoric ester groups is 1. The monoisotopic (exact) mass is 1000 g/mol. The lowest BCUT2D eigenvalue weighted by Crippen LogP contribution is -2.64. The van der Waals surface area contributed by atoms with Crippen molar-refractivity contribution in [3.63, 3.8) is 0 Å². The van der Waals surface area contributed by atoms with Crippen LogP contribution in [-0.4, -0.2) is 98.9 Å². The van der Waals surface area contributed by atoms with Crippen LogP contribution >= 0.6 is 7.82 Å². The van der Waals surface area contributed by atoms with Gasteiger partial charge in [-0.05, 0) is 70.6 Å². The fourth-order valence-corrected chi connectivity index (χ4v) is 9.71. The number of aliphatic hydroxyl groups excluding tert-OH is 5. The molecule has 6 unspecified atom stereocenters. The van der Waals surface area contributed by atoms with Crippen molar-refractivity contribution in [3.8, 4) is 0 Å². The van der Waals surface area contributed by atoms with Gasteiger partial charge in [-0.1, -0.05) is 211 Å². The molecule has 1 fully saturated rings. The van der Waals surface area contributed by atoms with E-state index in [1.54, 1.807) is 0 Å². The third-order valence-electron chi connectivity index (χ3n) is 13.2. The highest BCUT2D eigenvalue weighted by Crippen LogP contribution is 2.47. The second-order valence-electron chi connectivity index (χ2n) is 19.8. The summed E-state index contributed by atoms with van der Waals surface area (Å²) in [7, 11) is -5.03. The van der Waals surface area contributed by atoms with Crippen LogP contribution in [0.25, 0.3) is 0 Å². The van der Waals surface area contributed by atoms with E-state index in [0.29, 0.717) is 13.0 Å². The van der Waals surface area contributed by atoms with Crippen LogP contribution in [0.3, 0.4) is 0 Å². The van der Waals surface area contributed by atoms with E-state index in [9.17, 15) is 39.8 Å². The third kappa shape index (κ3) is 37.9. The highest BCUT2D eigenvalue weighted by atomic mass is 31.2. The van der Waals surface area contributed by atoms with E-state index >= 15 is 0 Å². The van der Waals surface area contributed by atoms with Gasteiger partial charge < -0.3 is 39.9 Å². The number of unbranched alkanes of at least 4 members (excludes halogenated alkanes) is 31. The zero-order chi connectivity index (χ0) is 50.5. The Morgan fingerprint density at radius 1 is 0.464 bits per heavy atom. The molecule has 1 aliphatic rings. The Kier molecular flexibility index (Phi) is 44.1. The van der Waals surface area contributed by atoms with Gasteiger partial charge in [-0.25, -0.2) is 4.57 Å².